The van der Waals surface area contributed by atoms with Crippen LogP contribution in [-0.2, 0) is 6.54 Å². The second-order valence-electron chi connectivity index (χ2n) is 5.73. The first-order valence-electron chi connectivity index (χ1n) is 7.87. The largest absolute Gasteiger partial charge is 0.381 e. The van der Waals surface area contributed by atoms with E-state index in [-0.39, 0.29) is 5.56 Å². The molecule has 1 unspecified atom stereocenters. The van der Waals surface area contributed by atoms with E-state index in [1.165, 1.54) is 37.0 Å². The van der Waals surface area contributed by atoms with Crippen LogP contribution in [0.4, 0.5) is 5.69 Å². The number of aromatic nitrogens is 2. The predicted octanol–water partition coefficient (Wildman–Crippen LogP) is 2.70. The minimum Gasteiger partial charge on any atom is -0.381 e. The average Bonchev–Trinajstić information content (AvgIpc) is 2.52. The normalized spacial score (nSPS) is 17.7. The highest BCUT2D eigenvalue weighted by molar-refractivity contribution is 9.10. The molecule has 5 nitrogen and oxygen atoms in total. The highest BCUT2D eigenvalue weighted by atomic mass is 79.9. The van der Waals surface area contributed by atoms with Gasteiger partial charge in [-0.05, 0) is 55.2 Å². The average molecular weight is 357 g/mol. The van der Waals surface area contributed by atoms with Crippen molar-refractivity contribution in [1.29, 1.82) is 0 Å². The topological polar surface area (TPSA) is 50.2 Å². The predicted molar refractivity (Wildman–Crippen MR) is 89.9 cm³/mol. The van der Waals surface area contributed by atoms with Crippen molar-refractivity contribution >= 4 is 21.6 Å². The molecule has 0 saturated carbocycles. The molecule has 1 atom stereocenters. The van der Waals surface area contributed by atoms with Crippen molar-refractivity contribution in [2.24, 2.45) is 0 Å². The molecule has 1 saturated heterocycles. The van der Waals surface area contributed by atoms with Crippen LogP contribution in [0.1, 0.15) is 39.5 Å². The fourth-order valence-electron chi connectivity index (χ4n) is 2.71. The smallest absolute Gasteiger partial charge is 0.283 e. The highest BCUT2D eigenvalue weighted by Crippen LogP contribution is 2.17. The van der Waals surface area contributed by atoms with E-state index < -0.39 is 0 Å². The van der Waals surface area contributed by atoms with Gasteiger partial charge in [0.25, 0.3) is 5.56 Å². The molecule has 0 aromatic carbocycles. The highest BCUT2D eigenvalue weighted by Gasteiger charge is 2.17. The molecule has 1 N–H and O–H groups in total. The Hall–Kier alpha value is -0.880. The third-order valence-electron chi connectivity index (χ3n) is 4.02. The molecule has 1 aromatic rings. The van der Waals surface area contributed by atoms with E-state index in [1.54, 1.807) is 6.20 Å². The third kappa shape index (κ3) is 4.30. The molecule has 1 aliphatic heterocycles. The molecule has 0 radical (unpaired) electrons. The van der Waals surface area contributed by atoms with E-state index in [2.05, 4.69) is 38.2 Å². The number of likely N-dealkylation sites (tertiary alicyclic amines) is 1. The fraction of sp³-hybridized carbons (Fsp3) is 0.733. The van der Waals surface area contributed by atoms with Crippen LogP contribution < -0.4 is 10.9 Å². The summed E-state index contributed by atoms with van der Waals surface area (Å²) in [5, 5.41) is 7.57. The maximum atomic E-state index is 12.1. The molecule has 1 fully saturated rings. The van der Waals surface area contributed by atoms with Crippen molar-refractivity contribution in [3.63, 3.8) is 0 Å². The first-order valence-corrected chi connectivity index (χ1v) is 8.66. The van der Waals surface area contributed by atoms with E-state index in [0.717, 1.165) is 18.7 Å². The first kappa shape index (κ1) is 16.5. The number of hydrogen-bond donors (Lipinski definition) is 1. The van der Waals surface area contributed by atoms with Crippen LogP contribution in [0, 0.1) is 0 Å². The Morgan fingerprint density at radius 1 is 1.38 bits per heavy atom. The molecule has 0 aliphatic carbocycles. The molecule has 1 aromatic heterocycles. The van der Waals surface area contributed by atoms with Crippen LogP contribution >= 0.6 is 15.9 Å². The number of piperidine rings is 1. The fourth-order valence-corrected chi connectivity index (χ4v) is 3.15. The second-order valence-corrected chi connectivity index (χ2v) is 6.52. The molecule has 0 bridgehead atoms. The maximum Gasteiger partial charge on any atom is 0.283 e. The number of anilines is 1. The van der Waals surface area contributed by atoms with Gasteiger partial charge in [-0.25, -0.2) is 4.68 Å². The summed E-state index contributed by atoms with van der Waals surface area (Å²) in [4.78, 5) is 14.6. The molecule has 1 aliphatic rings. The lowest BCUT2D eigenvalue weighted by atomic mass is 10.1. The lowest BCUT2D eigenvalue weighted by molar-refractivity contribution is 0.180. The van der Waals surface area contributed by atoms with Crippen molar-refractivity contribution in [3.8, 4) is 0 Å². The monoisotopic (exact) mass is 356 g/mol. The molecular formula is C15H25BrN4O. The minimum absolute atomic E-state index is 0.0625. The molecule has 0 spiro atoms. The lowest BCUT2D eigenvalue weighted by Gasteiger charge is -2.32. The minimum atomic E-state index is -0.0625. The van der Waals surface area contributed by atoms with Crippen LogP contribution in [0.25, 0.3) is 0 Å². The Labute approximate surface area is 134 Å². The van der Waals surface area contributed by atoms with E-state index in [0.29, 0.717) is 17.1 Å². The number of nitrogens with one attached hydrogen (secondary N) is 1. The van der Waals surface area contributed by atoms with Crippen LogP contribution in [0.2, 0.25) is 0 Å². The van der Waals surface area contributed by atoms with E-state index in [1.807, 2.05) is 6.92 Å². The van der Waals surface area contributed by atoms with Crippen molar-refractivity contribution in [2.75, 3.05) is 25.0 Å². The van der Waals surface area contributed by atoms with Crippen LogP contribution in [0.3, 0.4) is 0 Å². The Kier molecular flexibility index (Phi) is 6.23. The number of rotatable bonds is 6. The van der Waals surface area contributed by atoms with Gasteiger partial charge in [-0.1, -0.05) is 13.3 Å². The zero-order valence-electron chi connectivity index (χ0n) is 12.9. The van der Waals surface area contributed by atoms with E-state index in [4.69, 9.17) is 0 Å². The van der Waals surface area contributed by atoms with Gasteiger partial charge in [0.05, 0.1) is 11.9 Å². The van der Waals surface area contributed by atoms with Gasteiger partial charge < -0.3 is 5.32 Å². The summed E-state index contributed by atoms with van der Waals surface area (Å²) < 4.78 is 2.08. The Bertz CT molecular complexity index is 511. The molecule has 6 heteroatoms. The molecule has 2 heterocycles. The van der Waals surface area contributed by atoms with Crippen molar-refractivity contribution in [3.05, 3.63) is 21.0 Å². The molecule has 118 valence electrons. The summed E-state index contributed by atoms with van der Waals surface area (Å²) in [6.45, 7) is 8.12. The number of nitrogens with zero attached hydrogens (tertiary/aromatic N) is 3. The molecule has 2 rings (SSSR count). The summed E-state index contributed by atoms with van der Waals surface area (Å²) in [7, 11) is 0. The van der Waals surface area contributed by atoms with E-state index in [9.17, 15) is 4.79 Å². The van der Waals surface area contributed by atoms with Crippen molar-refractivity contribution in [1.82, 2.24) is 14.7 Å². The SMILES string of the molecule is CCCn1ncc(NCC(C)N2CCCCC2)c(Br)c1=O. The van der Waals surface area contributed by atoms with Crippen LogP contribution in [-0.4, -0.2) is 40.4 Å². The zero-order valence-corrected chi connectivity index (χ0v) is 14.5. The number of halogens is 1. The maximum absolute atomic E-state index is 12.1. The summed E-state index contributed by atoms with van der Waals surface area (Å²) in [6.07, 6.45) is 6.58. The quantitative estimate of drug-likeness (QED) is 0.851. The zero-order chi connectivity index (χ0) is 15.2. The van der Waals surface area contributed by atoms with Gasteiger partial charge in [-0.3, -0.25) is 9.69 Å². The van der Waals surface area contributed by atoms with Crippen LogP contribution in [0.5, 0.6) is 0 Å². The molecule has 0 amide bonds. The molecular weight excluding hydrogens is 332 g/mol. The van der Waals surface area contributed by atoms with Gasteiger partial charge in [-0.15, -0.1) is 0 Å². The van der Waals surface area contributed by atoms with Gasteiger partial charge in [0.2, 0.25) is 0 Å². The van der Waals surface area contributed by atoms with Crippen molar-refractivity contribution in [2.45, 2.75) is 52.1 Å². The Morgan fingerprint density at radius 2 is 2.10 bits per heavy atom. The van der Waals surface area contributed by atoms with Gasteiger partial charge in [0.15, 0.2) is 0 Å². The van der Waals surface area contributed by atoms with Gasteiger partial charge >= 0.3 is 0 Å². The third-order valence-corrected chi connectivity index (χ3v) is 4.79. The number of aryl methyl sites for hydroxylation is 1. The van der Waals surface area contributed by atoms with Crippen molar-refractivity contribution < 1.29 is 0 Å². The van der Waals surface area contributed by atoms with Gasteiger partial charge in [0.1, 0.15) is 4.47 Å². The standard InChI is InChI=1S/C15H25BrN4O/c1-3-7-20-15(21)14(16)13(11-18-20)17-10-12(2)19-8-5-4-6-9-19/h11-12,17H,3-10H2,1-2H3. The number of hydrogen-bond acceptors (Lipinski definition) is 4. The lowest BCUT2D eigenvalue weighted by Crippen LogP contribution is -2.41. The Balaban J connectivity index is 1.96. The second kappa shape index (κ2) is 7.94. The van der Waals surface area contributed by atoms with Crippen LogP contribution in [0.15, 0.2) is 15.5 Å². The summed E-state index contributed by atoms with van der Waals surface area (Å²) in [6, 6.07) is 0.468. The van der Waals surface area contributed by atoms with Gasteiger partial charge in [-0.2, -0.15) is 5.10 Å². The summed E-state index contributed by atoms with van der Waals surface area (Å²) >= 11 is 3.40. The summed E-state index contributed by atoms with van der Waals surface area (Å²) in [5.74, 6) is 0. The Morgan fingerprint density at radius 3 is 2.76 bits per heavy atom. The molecule has 21 heavy (non-hydrogen) atoms. The van der Waals surface area contributed by atoms with E-state index >= 15 is 0 Å². The first-order chi connectivity index (χ1) is 10.1. The van der Waals surface area contributed by atoms with Gasteiger partial charge in [0, 0.05) is 19.1 Å². The summed E-state index contributed by atoms with van der Waals surface area (Å²) in [5.41, 5.74) is 0.726.